The molecule has 1 aromatic carbocycles. The molecule has 2 rings (SSSR count). The summed E-state index contributed by atoms with van der Waals surface area (Å²) in [5, 5.41) is 14.3. The molecule has 0 atom stereocenters. The number of anilines is 1. The van der Waals surface area contributed by atoms with E-state index in [2.05, 4.69) is 12.2 Å². The van der Waals surface area contributed by atoms with Crippen LogP contribution in [0.5, 0.6) is 0 Å². The standard InChI is InChI=1S/C14H20N2O2/c1-3-14(7-4-8-14)10-15-12-6-5-11(2)9-13(12)16(17)18/h5-6,9,15H,3-4,7-8,10H2,1-2H3. The molecule has 0 bridgehead atoms. The summed E-state index contributed by atoms with van der Waals surface area (Å²) in [6.45, 7) is 4.91. The van der Waals surface area contributed by atoms with Crippen molar-refractivity contribution in [1.82, 2.24) is 0 Å². The summed E-state index contributed by atoms with van der Waals surface area (Å²) in [4.78, 5) is 10.7. The third kappa shape index (κ3) is 2.47. The van der Waals surface area contributed by atoms with Crippen molar-refractivity contribution in [1.29, 1.82) is 0 Å². The van der Waals surface area contributed by atoms with Gasteiger partial charge < -0.3 is 5.32 Å². The topological polar surface area (TPSA) is 55.2 Å². The summed E-state index contributed by atoms with van der Waals surface area (Å²) in [6, 6.07) is 5.35. The Morgan fingerprint density at radius 2 is 2.17 bits per heavy atom. The van der Waals surface area contributed by atoms with Gasteiger partial charge in [0.05, 0.1) is 4.92 Å². The molecule has 4 heteroatoms. The molecule has 0 aliphatic heterocycles. The van der Waals surface area contributed by atoms with Crippen LogP contribution < -0.4 is 5.32 Å². The number of hydrogen-bond donors (Lipinski definition) is 1. The fraction of sp³-hybridized carbons (Fsp3) is 0.571. The molecule has 0 saturated heterocycles. The van der Waals surface area contributed by atoms with Crippen molar-refractivity contribution in [3.8, 4) is 0 Å². The average molecular weight is 248 g/mol. The van der Waals surface area contributed by atoms with Crippen LogP contribution in [-0.2, 0) is 0 Å². The molecule has 1 aromatic rings. The Balaban J connectivity index is 2.11. The third-order valence-corrected chi connectivity index (χ3v) is 4.17. The number of nitro benzene ring substituents is 1. The molecule has 1 aliphatic rings. The predicted octanol–water partition coefficient (Wildman–Crippen LogP) is 3.90. The fourth-order valence-corrected chi connectivity index (χ4v) is 2.56. The fourth-order valence-electron chi connectivity index (χ4n) is 2.56. The molecule has 0 unspecified atom stereocenters. The number of nitro groups is 1. The molecule has 4 nitrogen and oxygen atoms in total. The highest BCUT2D eigenvalue weighted by Crippen LogP contribution is 2.44. The van der Waals surface area contributed by atoms with E-state index in [0.29, 0.717) is 11.1 Å². The third-order valence-electron chi connectivity index (χ3n) is 4.17. The van der Waals surface area contributed by atoms with E-state index in [9.17, 15) is 10.1 Å². The maximum absolute atomic E-state index is 11.0. The minimum Gasteiger partial charge on any atom is -0.379 e. The molecule has 98 valence electrons. The van der Waals surface area contributed by atoms with Crippen molar-refractivity contribution in [2.24, 2.45) is 5.41 Å². The van der Waals surface area contributed by atoms with Crippen LogP contribution in [0, 0.1) is 22.5 Å². The van der Waals surface area contributed by atoms with Crippen LogP contribution in [0.4, 0.5) is 11.4 Å². The van der Waals surface area contributed by atoms with Crippen LogP contribution >= 0.6 is 0 Å². The Bertz CT molecular complexity index is 448. The van der Waals surface area contributed by atoms with Crippen molar-refractivity contribution in [3.63, 3.8) is 0 Å². The van der Waals surface area contributed by atoms with E-state index in [4.69, 9.17) is 0 Å². The lowest BCUT2D eigenvalue weighted by atomic mass is 9.67. The monoisotopic (exact) mass is 248 g/mol. The summed E-state index contributed by atoms with van der Waals surface area (Å²) in [6.07, 6.45) is 4.89. The normalized spacial score (nSPS) is 17.0. The van der Waals surface area contributed by atoms with Gasteiger partial charge in [-0.15, -0.1) is 0 Å². The van der Waals surface area contributed by atoms with Crippen molar-refractivity contribution in [3.05, 3.63) is 33.9 Å². The van der Waals surface area contributed by atoms with Gasteiger partial charge in [-0.2, -0.15) is 0 Å². The first kappa shape index (κ1) is 12.9. The minimum absolute atomic E-state index is 0.181. The number of aryl methyl sites for hydroxylation is 1. The average Bonchev–Trinajstić information content (AvgIpc) is 2.29. The van der Waals surface area contributed by atoms with Crippen LogP contribution in [-0.4, -0.2) is 11.5 Å². The molecule has 0 heterocycles. The van der Waals surface area contributed by atoms with E-state index >= 15 is 0 Å². The molecule has 0 spiro atoms. The van der Waals surface area contributed by atoms with E-state index < -0.39 is 0 Å². The zero-order chi connectivity index (χ0) is 13.2. The van der Waals surface area contributed by atoms with Crippen molar-refractivity contribution < 1.29 is 4.92 Å². The second-order valence-electron chi connectivity index (χ2n) is 5.34. The lowest BCUT2D eigenvalue weighted by molar-refractivity contribution is -0.384. The number of benzene rings is 1. The summed E-state index contributed by atoms with van der Waals surface area (Å²) >= 11 is 0. The maximum atomic E-state index is 11.0. The SMILES string of the molecule is CCC1(CNc2ccc(C)cc2[N+](=O)[O-])CCC1. The Morgan fingerprint density at radius 3 is 2.67 bits per heavy atom. The molecule has 0 aromatic heterocycles. The molecule has 1 fully saturated rings. The van der Waals surface area contributed by atoms with E-state index in [0.717, 1.165) is 18.5 Å². The Hall–Kier alpha value is -1.58. The number of nitrogens with one attached hydrogen (secondary N) is 1. The predicted molar refractivity (Wildman–Crippen MR) is 72.9 cm³/mol. The smallest absolute Gasteiger partial charge is 0.292 e. The van der Waals surface area contributed by atoms with Crippen LogP contribution in [0.1, 0.15) is 38.2 Å². The molecule has 1 N–H and O–H groups in total. The summed E-state index contributed by atoms with van der Waals surface area (Å²) in [5.74, 6) is 0. The first-order valence-electron chi connectivity index (χ1n) is 6.55. The van der Waals surface area contributed by atoms with Crippen molar-refractivity contribution in [2.45, 2.75) is 39.5 Å². The minimum atomic E-state index is -0.311. The van der Waals surface area contributed by atoms with Crippen LogP contribution in [0.25, 0.3) is 0 Å². The molecule has 0 amide bonds. The molecule has 0 radical (unpaired) electrons. The van der Waals surface area contributed by atoms with Crippen LogP contribution in [0.15, 0.2) is 18.2 Å². The van der Waals surface area contributed by atoms with Gasteiger partial charge in [-0.05, 0) is 43.2 Å². The quantitative estimate of drug-likeness (QED) is 0.635. The first-order valence-corrected chi connectivity index (χ1v) is 6.55. The van der Waals surface area contributed by atoms with Crippen molar-refractivity contribution >= 4 is 11.4 Å². The highest BCUT2D eigenvalue weighted by Gasteiger charge is 2.35. The molecular weight excluding hydrogens is 228 g/mol. The summed E-state index contributed by atoms with van der Waals surface area (Å²) < 4.78 is 0. The van der Waals surface area contributed by atoms with E-state index in [1.807, 2.05) is 19.1 Å². The van der Waals surface area contributed by atoms with Crippen LogP contribution in [0.3, 0.4) is 0 Å². The second kappa shape index (κ2) is 4.96. The number of rotatable bonds is 5. The van der Waals surface area contributed by atoms with Gasteiger partial charge in [0.1, 0.15) is 5.69 Å². The molecule has 18 heavy (non-hydrogen) atoms. The molecular formula is C14H20N2O2. The molecule has 1 aliphatic carbocycles. The van der Waals surface area contributed by atoms with E-state index in [1.54, 1.807) is 6.07 Å². The maximum Gasteiger partial charge on any atom is 0.292 e. The van der Waals surface area contributed by atoms with Gasteiger partial charge in [0, 0.05) is 12.6 Å². The highest BCUT2D eigenvalue weighted by atomic mass is 16.6. The zero-order valence-electron chi connectivity index (χ0n) is 11.0. The van der Waals surface area contributed by atoms with Gasteiger partial charge in [0.15, 0.2) is 0 Å². The Morgan fingerprint density at radius 1 is 1.44 bits per heavy atom. The van der Waals surface area contributed by atoms with Crippen LogP contribution in [0.2, 0.25) is 0 Å². The molecule has 1 saturated carbocycles. The van der Waals surface area contributed by atoms with Gasteiger partial charge in [-0.3, -0.25) is 10.1 Å². The first-order chi connectivity index (χ1) is 8.56. The Labute approximate surface area is 108 Å². The number of nitrogens with zero attached hydrogens (tertiary/aromatic N) is 1. The lowest BCUT2D eigenvalue weighted by Gasteiger charge is -2.41. The van der Waals surface area contributed by atoms with Gasteiger partial charge in [-0.1, -0.05) is 19.4 Å². The van der Waals surface area contributed by atoms with Gasteiger partial charge in [0.2, 0.25) is 0 Å². The van der Waals surface area contributed by atoms with Gasteiger partial charge in [0.25, 0.3) is 5.69 Å². The Kier molecular flexibility index (Phi) is 3.55. The number of hydrogen-bond acceptors (Lipinski definition) is 3. The highest BCUT2D eigenvalue weighted by molar-refractivity contribution is 5.62. The van der Waals surface area contributed by atoms with Gasteiger partial charge >= 0.3 is 0 Å². The largest absolute Gasteiger partial charge is 0.379 e. The second-order valence-corrected chi connectivity index (χ2v) is 5.34. The van der Waals surface area contributed by atoms with Gasteiger partial charge in [-0.25, -0.2) is 0 Å². The van der Waals surface area contributed by atoms with E-state index in [-0.39, 0.29) is 10.6 Å². The summed E-state index contributed by atoms with van der Waals surface area (Å²) in [5.41, 5.74) is 2.10. The lowest BCUT2D eigenvalue weighted by Crippen LogP contribution is -2.35. The van der Waals surface area contributed by atoms with Crippen molar-refractivity contribution in [2.75, 3.05) is 11.9 Å². The zero-order valence-corrected chi connectivity index (χ0v) is 11.0. The summed E-state index contributed by atoms with van der Waals surface area (Å²) in [7, 11) is 0. The van der Waals surface area contributed by atoms with E-state index in [1.165, 1.54) is 19.3 Å².